The van der Waals surface area contributed by atoms with Gasteiger partial charge in [-0.3, -0.25) is 24.1 Å². The maximum absolute atomic E-state index is 13.5. The van der Waals surface area contributed by atoms with Crippen LogP contribution >= 0.6 is 23.1 Å². The molecule has 3 aromatic rings. The van der Waals surface area contributed by atoms with E-state index in [1.807, 2.05) is 48.5 Å². The zero-order valence-electron chi connectivity index (χ0n) is 20.4. The van der Waals surface area contributed by atoms with Gasteiger partial charge in [-0.15, -0.1) is 11.8 Å². The summed E-state index contributed by atoms with van der Waals surface area (Å²) in [5, 5.41) is 0.936. The van der Waals surface area contributed by atoms with Crippen LogP contribution in [0.25, 0.3) is 0 Å². The number of hydrogen-bond acceptors (Lipinski definition) is 8. The lowest BCUT2D eigenvalue weighted by molar-refractivity contribution is -0.151. The number of rotatable bonds is 5. The summed E-state index contributed by atoms with van der Waals surface area (Å²) in [6, 6.07) is 17.5. The number of nitrogens with one attached hydrogen (secondary N) is 1. The van der Waals surface area contributed by atoms with Crippen LogP contribution in [0, 0.1) is 29.6 Å². The van der Waals surface area contributed by atoms with Crippen molar-refractivity contribution in [1.82, 2.24) is 9.88 Å². The van der Waals surface area contributed by atoms with Crippen molar-refractivity contribution in [2.75, 3.05) is 13.7 Å². The van der Waals surface area contributed by atoms with E-state index in [2.05, 4.69) is 11.1 Å². The molecule has 3 heterocycles. The normalized spacial score (nSPS) is 30.7. The number of carbonyl (C=O) groups is 3. The Morgan fingerprint density at radius 3 is 2.50 bits per heavy atom. The van der Waals surface area contributed by atoms with Crippen LogP contribution in [0.15, 0.2) is 64.4 Å². The molecule has 4 aliphatic rings. The Kier molecular flexibility index (Phi) is 5.52. The predicted octanol–water partition coefficient (Wildman–Crippen LogP) is 3.88. The average Bonchev–Trinajstić information content (AvgIpc) is 3.65. The second kappa shape index (κ2) is 8.84. The fourth-order valence-electron chi connectivity index (χ4n) is 7.20. The Bertz CT molecular complexity index is 1520. The zero-order chi connectivity index (χ0) is 26.1. The lowest BCUT2D eigenvalue weighted by atomic mass is 9.68. The molecule has 10 heteroatoms. The minimum Gasteiger partial charge on any atom is -0.468 e. The van der Waals surface area contributed by atoms with Gasteiger partial charge in [0, 0.05) is 16.0 Å². The number of H-pyrrole nitrogens is 1. The molecular formula is C28H24N2O6S2. The van der Waals surface area contributed by atoms with Crippen molar-refractivity contribution in [3.63, 3.8) is 0 Å². The van der Waals surface area contributed by atoms with Crippen molar-refractivity contribution < 1.29 is 23.9 Å². The lowest BCUT2D eigenvalue weighted by Crippen LogP contribution is -2.42. The van der Waals surface area contributed by atoms with Crippen molar-refractivity contribution in [3.8, 4) is 11.5 Å². The predicted molar refractivity (Wildman–Crippen MR) is 140 cm³/mol. The van der Waals surface area contributed by atoms with E-state index in [1.165, 1.54) is 18.4 Å². The monoisotopic (exact) mass is 548 g/mol. The van der Waals surface area contributed by atoms with Gasteiger partial charge in [0.1, 0.15) is 18.0 Å². The third-order valence-corrected chi connectivity index (χ3v) is 11.1. The third kappa shape index (κ3) is 3.50. The minimum absolute atomic E-state index is 0.00176. The van der Waals surface area contributed by atoms with Crippen LogP contribution < -0.4 is 9.61 Å². The molecule has 2 aliphatic carbocycles. The van der Waals surface area contributed by atoms with Crippen LogP contribution in [-0.2, 0) is 19.1 Å². The molecule has 38 heavy (non-hydrogen) atoms. The van der Waals surface area contributed by atoms with Crippen molar-refractivity contribution in [2.24, 2.45) is 29.6 Å². The number of methoxy groups -OCH3 is 1. The fourth-order valence-corrected chi connectivity index (χ4v) is 10.1. The smallest absolute Gasteiger partial charge is 0.325 e. The highest BCUT2D eigenvalue weighted by atomic mass is 32.2. The Hall–Kier alpha value is -3.37. The molecule has 2 bridgehead atoms. The molecule has 194 valence electrons. The number of likely N-dealkylation sites (tertiary alicyclic amines) is 1. The van der Waals surface area contributed by atoms with Gasteiger partial charge in [0.05, 0.1) is 24.0 Å². The highest BCUT2D eigenvalue weighted by Gasteiger charge is 2.69. The molecule has 2 amide bonds. The average molecular weight is 549 g/mol. The lowest BCUT2D eigenvalue weighted by Gasteiger charge is -2.43. The summed E-state index contributed by atoms with van der Waals surface area (Å²) < 4.78 is 10.9. The maximum Gasteiger partial charge on any atom is 0.325 e. The first-order chi connectivity index (χ1) is 18.4. The molecule has 2 saturated carbocycles. The first kappa shape index (κ1) is 23.7. The van der Waals surface area contributed by atoms with Gasteiger partial charge in [0.25, 0.3) is 0 Å². The molecule has 2 aliphatic heterocycles. The summed E-state index contributed by atoms with van der Waals surface area (Å²) in [5.74, 6) is -0.613. The second-order valence-electron chi connectivity index (χ2n) is 10.3. The quantitative estimate of drug-likeness (QED) is 0.381. The molecule has 7 atom stereocenters. The summed E-state index contributed by atoms with van der Waals surface area (Å²) in [6.07, 6.45) is 0.789. The van der Waals surface area contributed by atoms with Gasteiger partial charge in [-0.25, -0.2) is 0 Å². The number of carbonyl (C=O) groups excluding carboxylic acids is 3. The van der Waals surface area contributed by atoms with Crippen LogP contribution in [-0.4, -0.2) is 46.6 Å². The first-order valence-electron chi connectivity index (χ1n) is 12.6. The van der Waals surface area contributed by atoms with Crippen LogP contribution in [0.2, 0.25) is 0 Å². The van der Waals surface area contributed by atoms with E-state index in [4.69, 9.17) is 9.47 Å². The topological polar surface area (TPSA) is 106 Å². The summed E-state index contributed by atoms with van der Waals surface area (Å²) in [4.78, 5) is 56.2. The number of amides is 2. The second-order valence-corrected chi connectivity index (χ2v) is 12.5. The van der Waals surface area contributed by atoms with E-state index in [-0.39, 0.29) is 52.2 Å². The van der Waals surface area contributed by atoms with E-state index in [0.29, 0.717) is 5.75 Å². The molecule has 1 N–H and O–H groups in total. The highest BCUT2D eigenvalue weighted by molar-refractivity contribution is 8.00. The largest absolute Gasteiger partial charge is 0.468 e. The van der Waals surface area contributed by atoms with Crippen molar-refractivity contribution >= 4 is 40.9 Å². The molecule has 1 aromatic heterocycles. The maximum atomic E-state index is 13.5. The van der Waals surface area contributed by atoms with Crippen LogP contribution in [0.4, 0.5) is 0 Å². The Labute approximate surface area is 226 Å². The van der Waals surface area contributed by atoms with Gasteiger partial charge in [0.15, 0.2) is 0 Å². The molecule has 8 nitrogen and oxygen atoms in total. The van der Waals surface area contributed by atoms with Gasteiger partial charge < -0.3 is 14.5 Å². The molecule has 1 saturated heterocycles. The highest BCUT2D eigenvalue weighted by Crippen LogP contribution is 2.68. The number of esters is 1. The minimum atomic E-state index is -0.598. The van der Waals surface area contributed by atoms with E-state index in [0.717, 1.165) is 32.5 Å². The molecule has 0 radical (unpaired) electrons. The van der Waals surface area contributed by atoms with Crippen molar-refractivity contribution in [1.29, 1.82) is 0 Å². The summed E-state index contributed by atoms with van der Waals surface area (Å²) in [6.45, 7) is -0.341. The van der Waals surface area contributed by atoms with Crippen LogP contribution in [0.3, 0.4) is 0 Å². The Balaban J connectivity index is 1.27. The molecule has 7 unspecified atom stereocenters. The number of benzene rings is 2. The van der Waals surface area contributed by atoms with Crippen molar-refractivity contribution in [2.45, 2.75) is 22.6 Å². The molecule has 7 rings (SSSR count). The van der Waals surface area contributed by atoms with Gasteiger partial charge in [0.2, 0.25) is 11.8 Å². The number of hydrogen-bond donors (Lipinski definition) is 1. The van der Waals surface area contributed by atoms with E-state index < -0.39 is 17.8 Å². The summed E-state index contributed by atoms with van der Waals surface area (Å²) in [5.41, 5.74) is 1.03. The fraction of sp³-hybridized carbons (Fsp3) is 0.357. The number of para-hydroxylation sites is 1. The van der Waals surface area contributed by atoms with E-state index in [1.54, 1.807) is 11.8 Å². The number of thiazole rings is 1. The van der Waals surface area contributed by atoms with E-state index >= 15 is 0 Å². The van der Waals surface area contributed by atoms with Crippen molar-refractivity contribution in [3.05, 3.63) is 74.7 Å². The standard InChI is InChI=1S/C28H24N2O6S2/c1-35-18(31)12-30-26(32)21-16-11-17(22(21)27(30)33)23-20(16)19(24-25(37-23)29-28(34)38-24)13-6-5-9-15(10-13)36-14-7-3-2-4-8-14/h2-10,16-17,19-23H,11-12H2,1H3,(H,29,34). The number of nitrogens with zero attached hydrogens (tertiary/aromatic N) is 1. The zero-order valence-corrected chi connectivity index (χ0v) is 22.0. The summed E-state index contributed by atoms with van der Waals surface area (Å²) >= 11 is 2.86. The number of ether oxygens (including phenoxy) is 2. The number of aromatic nitrogens is 1. The molecule has 3 fully saturated rings. The summed E-state index contributed by atoms with van der Waals surface area (Å²) in [7, 11) is 1.25. The number of aromatic amines is 1. The Morgan fingerprint density at radius 1 is 1.00 bits per heavy atom. The number of fused-ring (bicyclic) bond motifs is 9. The first-order valence-corrected chi connectivity index (χ1v) is 14.3. The molecule has 2 aromatic carbocycles. The number of thioether (sulfide) groups is 1. The van der Waals surface area contributed by atoms with Crippen LogP contribution in [0.1, 0.15) is 22.8 Å². The van der Waals surface area contributed by atoms with Gasteiger partial charge in [-0.05, 0) is 54.0 Å². The van der Waals surface area contributed by atoms with Crippen LogP contribution in [0.5, 0.6) is 11.5 Å². The van der Waals surface area contributed by atoms with E-state index in [9.17, 15) is 19.2 Å². The number of imide groups is 1. The third-order valence-electron chi connectivity index (χ3n) is 8.53. The molecular weight excluding hydrogens is 524 g/mol. The SMILES string of the molecule is COC(=O)CN1C(=O)C2C3CC(C2C1=O)C1C(c2cccc(Oc4ccccc4)c2)c2sc(=O)[nH]c2SC31. The Morgan fingerprint density at radius 2 is 1.74 bits per heavy atom. The van der Waals surface area contributed by atoms with Gasteiger partial charge in [-0.2, -0.15) is 0 Å². The van der Waals surface area contributed by atoms with Gasteiger partial charge in [-0.1, -0.05) is 41.7 Å². The van der Waals surface area contributed by atoms with Gasteiger partial charge >= 0.3 is 10.8 Å². The molecule has 0 spiro atoms.